The van der Waals surface area contributed by atoms with Crippen LogP contribution in [-0.4, -0.2) is 42.2 Å². The van der Waals surface area contributed by atoms with Gasteiger partial charge in [0.25, 0.3) is 5.91 Å². The van der Waals surface area contributed by atoms with Crippen molar-refractivity contribution in [3.8, 4) is 5.75 Å². The highest BCUT2D eigenvalue weighted by Crippen LogP contribution is 2.35. The van der Waals surface area contributed by atoms with Gasteiger partial charge in [0.1, 0.15) is 5.75 Å². The Balaban J connectivity index is 2.12. The average Bonchev–Trinajstić information content (AvgIpc) is 2.57. The molecule has 0 aromatic heterocycles. The van der Waals surface area contributed by atoms with Crippen LogP contribution in [0, 0.1) is 5.92 Å². The number of carbonyl (C=O) groups excluding carboxylic acids is 1. The van der Waals surface area contributed by atoms with Crippen LogP contribution in [0.4, 0.5) is 0 Å². The van der Waals surface area contributed by atoms with Gasteiger partial charge in [-0.1, -0.05) is 53.7 Å². The zero-order valence-corrected chi connectivity index (χ0v) is 17.3. The summed E-state index contributed by atoms with van der Waals surface area (Å²) in [6.45, 7) is 14.7. The maximum atomic E-state index is 12.5. The highest BCUT2D eigenvalue weighted by molar-refractivity contribution is 5.78. The van der Waals surface area contributed by atoms with Crippen LogP contribution >= 0.6 is 0 Å². The van der Waals surface area contributed by atoms with E-state index in [0.29, 0.717) is 6.54 Å². The molecule has 26 heavy (non-hydrogen) atoms. The number of carbonyl (C=O) groups is 1. The summed E-state index contributed by atoms with van der Waals surface area (Å²) in [5.41, 5.74) is 2.40. The number of rotatable bonds is 4. The second kappa shape index (κ2) is 7.99. The smallest absolute Gasteiger partial charge is 0.260 e. The van der Waals surface area contributed by atoms with Crippen molar-refractivity contribution >= 4 is 5.91 Å². The van der Waals surface area contributed by atoms with E-state index in [-0.39, 0.29) is 35.9 Å². The fourth-order valence-corrected chi connectivity index (χ4v) is 3.38. The van der Waals surface area contributed by atoms with E-state index in [1.807, 2.05) is 11.0 Å². The number of piperidine rings is 1. The van der Waals surface area contributed by atoms with Crippen LogP contribution < -0.4 is 4.74 Å². The molecule has 1 heterocycles. The molecule has 1 atom stereocenters. The maximum absolute atomic E-state index is 12.5. The number of amides is 1. The van der Waals surface area contributed by atoms with E-state index in [9.17, 15) is 9.90 Å². The first-order valence-corrected chi connectivity index (χ1v) is 9.69. The highest BCUT2D eigenvalue weighted by atomic mass is 16.5. The van der Waals surface area contributed by atoms with Crippen molar-refractivity contribution in [3.63, 3.8) is 0 Å². The molecular weight excluding hydrogens is 326 g/mol. The third kappa shape index (κ3) is 5.23. The molecule has 1 aromatic carbocycles. The topological polar surface area (TPSA) is 49.8 Å². The molecule has 1 fully saturated rings. The second-order valence-corrected chi connectivity index (χ2v) is 9.53. The number of nitrogens with zero attached hydrogens (tertiary/aromatic N) is 1. The second-order valence-electron chi connectivity index (χ2n) is 9.53. The van der Waals surface area contributed by atoms with Gasteiger partial charge in [0, 0.05) is 19.7 Å². The minimum atomic E-state index is -0.0627. The van der Waals surface area contributed by atoms with Crippen molar-refractivity contribution in [3.05, 3.63) is 29.3 Å². The summed E-state index contributed by atoms with van der Waals surface area (Å²) < 4.78 is 5.96. The molecule has 1 N–H and O–H groups in total. The standard InChI is InChI=1S/C22H35NO3/c1-21(2,3)17-9-10-19(18(12-17)22(4,5)6)26-15-20(25)23-11-7-8-16(13-23)14-24/h9-10,12,16,24H,7-8,11,13-15H2,1-6H3. The van der Waals surface area contributed by atoms with Gasteiger partial charge in [-0.15, -0.1) is 0 Å². The van der Waals surface area contributed by atoms with Crippen molar-refractivity contribution in [2.24, 2.45) is 5.92 Å². The maximum Gasteiger partial charge on any atom is 0.260 e. The first kappa shape index (κ1) is 20.8. The lowest BCUT2D eigenvalue weighted by atomic mass is 9.80. The van der Waals surface area contributed by atoms with E-state index >= 15 is 0 Å². The molecule has 2 rings (SSSR count). The van der Waals surface area contributed by atoms with E-state index in [0.717, 1.165) is 30.7 Å². The Kier molecular flexibility index (Phi) is 6.38. The van der Waals surface area contributed by atoms with E-state index < -0.39 is 0 Å². The lowest BCUT2D eigenvalue weighted by molar-refractivity contribution is -0.135. The van der Waals surface area contributed by atoms with Crippen LogP contribution in [0.25, 0.3) is 0 Å². The van der Waals surface area contributed by atoms with Crippen LogP contribution in [0.3, 0.4) is 0 Å². The van der Waals surface area contributed by atoms with Crippen molar-refractivity contribution in [2.45, 2.75) is 65.2 Å². The van der Waals surface area contributed by atoms with Gasteiger partial charge in [-0.3, -0.25) is 4.79 Å². The zero-order valence-electron chi connectivity index (χ0n) is 17.3. The molecule has 0 aliphatic carbocycles. The summed E-state index contributed by atoms with van der Waals surface area (Å²) in [5.74, 6) is 0.987. The molecule has 0 spiro atoms. The molecule has 0 bridgehead atoms. The Labute approximate surface area is 158 Å². The van der Waals surface area contributed by atoms with Gasteiger partial charge in [-0.2, -0.15) is 0 Å². The number of ether oxygens (including phenoxy) is 1. The molecule has 146 valence electrons. The number of likely N-dealkylation sites (tertiary alicyclic amines) is 1. The molecule has 1 saturated heterocycles. The molecule has 1 unspecified atom stereocenters. The first-order chi connectivity index (χ1) is 12.0. The molecule has 1 aromatic rings. The minimum absolute atomic E-state index is 0.00269. The predicted octanol–water partition coefficient (Wildman–Crippen LogP) is 3.89. The summed E-state index contributed by atoms with van der Waals surface area (Å²) in [4.78, 5) is 14.4. The Morgan fingerprint density at radius 3 is 2.46 bits per heavy atom. The van der Waals surface area contributed by atoms with E-state index in [1.54, 1.807) is 0 Å². The van der Waals surface area contributed by atoms with Gasteiger partial charge in [-0.25, -0.2) is 0 Å². The Bertz CT molecular complexity index is 625. The normalized spacial score (nSPS) is 18.7. The summed E-state index contributed by atoms with van der Waals surface area (Å²) >= 11 is 0. The molecule has 0 radical (unpaired) electrons. The van der Waals surface area contributed by atoms with E-state index in [1.165, 1.54) is 5.56 Å². The van der Waals surface area contributed by atoms with Gasteiger partial charge < -0.3 is 14.7 Å². The average molecular weight is 362 g/mol. The number of benzene rings is 1. The molecule has 1 aliphatic rings. The molecule has 0 saturated carbocycles. The van der Waals surface area contributed by atoms with Gasteiger partial charge in [0.2, 0.25) is 0 Å². The van der Waals surface area contributed by atoms with Gasteiger partial charge in [-0.05, 0) is 46.8 Å². The quantitative estimate of drug-likeness (QED) is 0.885. The fraction of sp³-hybridized carbons (Fsp3) is 0.682. The number of hydrogen-bond donors (Lipinski definition) is 1. The van der Waals surface area contributed by atoms with Crippen molar-refractivity contribution in [2.75, 3.05) is 26.3 Å². The predicted molar refractivity (Wildman–Crippen MR) is 106 cm³/mol. The largest absolute Gasteiger partial charge is 0.483 e. The van der Waals surface area contributed by atoms with Crippen LogP contribution in [0.5, 0.6) is 5.75 Å². The summed E-state index contributed by atoms with van der Waals surface area (Å²) in [6.07, 6.45) is 1.94. The number of aliphatic hydroxyl groups excluding tert-OH is 1. The Morgan fingerprint density at radius 2 is 1.88 bits per heavy atom. The summed E-state index contributed by atoms with van der Waals surface area (Å²) in [5, 5.41) is 9.35. The van der Waals surface area contributed by atoms with Crippen LogP contribution in [-0.2, 0) is 15.6 Å². The summed E-state index contributed by atoms with van der Waals surface area (Å²) in [6, 6.07) is 6.31. The fourth-order valence-electron chi connectivity index (χ4n) is 3.38. The van der Waals surface area contributed by atoms with Gasteiger partial charge >= 0.3 is 0 Å². The molecule has 1 aliphatic heterocycles. The molecule has 1 amide bonds. The lowest BCUT2D eigenvalue weighted by Gasteiger charge is -2.32. The first-order valence-electron chi connectivity index (χ1n) is 9.69. The Morgan fingerprint density at radius 1 is 1.19 bits per heavy atom. The van der Waals surface area contributed by atoms with Crippen molar-refractivity contribution < 1.29 is 14.6 Å². The molecular formula is C22H35NO3. The highest BCUT2D eigenvalue weighted by Gasteiger charge is 2.26. The molecule has 4 heteroatoms. The van der Waals surface area contributed by atoms with Crippen molar-refractivity contribution in [1.29, 1.82) is 0 Å². The van der Waals surface area contributed by atoms with Crippen LogP contribution in [0.15, 0.2) is 18.2 Å². The summed E-state index contributed by atoms with van der Waals surface area (Å²) in [7, 11) is 0. The van der Waals surface area contributed by atoms with Gasteiger partial charge in [0.05, 0.1) is 0 Å². The monoisotopic (exact) mass is 361 g/mol. The van der Waals surface area contributed by atoms with Crippen molar-refractivity contribution in [1.82, 2.24) is 4.90 Å². The zero-order chi connectivity index (χ0) is 19.5. The Hall–Kier alpha value is -1.55. The van der Waals surface area contributed by atoms with Gasteiger partial charge in [0.15, 0.2) is 6.61 Å². The lowest BCUT2D eigenvalue weighted by Crippen LogP contribution is -2.43. The number of aliphatic hydroxyl groups is 1. The molecule has 4 nitrogen and oxygen atoms in total. The van der Waals surface area contributed by atoms with Crippen LogP contribution in [0.1, 0.15) is 65.5 Å². The third-order valence-corrected chi connectivity index (χ3v) is 5.13. The van der Waals surface area contributed by atoms with E-state index in [4.69, 9.17) is 4.74 Å². The minimum Gasteiger partial charge on any atom is -0.483 e. The van der Waals surface area contributed by atoms with E-state index in [2.05, 4.69) is 53.7 Å². The third-order valence-electron chi connectivity index (χ3n) is 5.13. The SMILES string of the molecule is CC(C)(C)c1ccc(OCC(=O)N2CCCC(CO)C2)c(C(C)(C)C)c1. The van der Waals surface area contributed by atoms with Crippen LogP contribution in [0.2, 0.25) is 0 Å². The number of hydrogen-bond acceptors (Lipinski definition) is 3.